The Kier molecular flexibility index (Phi) is 4.21. The van der Waals surface area contributed by atoms with Crippen LogP contribution < -0.4 is 5.32 Å². The molecule has 22 heavy (non-hydrogen) atoms. The molecule has 1 aliphatic rings. The maximum atomic E-state index is 13.5. The summed E-state index contributed by atoms with van der Waals surface area (Å²) in [4.78, 5) is 12.8. The maximum Gasteiger partial charge on any atom is 0.235 e. The van der Waals surface area contributed by atoms with Crippen LogP contribution >= 0.6 is 22.6 Å². The van der Waals surface area contributed by atoms with E-state index >= 15 is 0 Å². The summed E-state index contributed by atoms with van der Waals surface area (Å²) in [6, 6.07) is 12.4. The van der Waals surface area contributed by atoms with Crippen LogP contribution in [0.25, 0.3) is 0 Å². The van der Waals surface area contributed by atoms with E-state index in [1.54, 1.807) is 6.07 Å². The van der Waals surface area contributed by atoms with Gasteiger partial charge in [-0.2, -0.15) is 0 Å². The third-order valence-electron chi connectivity index (χ3n) is 4.46. The monoisotopic (exact) mass is 409 g/mol. The minimum absolute atomic E-state index is 0.0336. The lowest BCUT2D eigenvalue weighted by Crippen LogP contribution is -2.46. The number of hydrogen-bond acceptors (Lipinski definition) is 1. The van der Waals surface area contributed by atoms with Crippen molar-refractivity contribution in [1.82, 2.24) is 0 Å². The number of halogens is 2. The third-order valence-corrected chi connectivity index (χ3v) is 5.13. The molecule has 1 amide bonds. The molecular formula is C18H17FINO. The number of rotatable bonds is 3. The second kappa shape index (κ2) is 5.99. The summed E-state index contributed by atoms with van der Waals surface area (Å²) < 4.78 is 14.7. The number of nitrogens with one attached hydrogen (secondary N) is 1. The van der Waals surface area contributed by atoms with Crippen molar-refractivity contribution < 1.29 is 9.18 Å². The molecule has 0 spiro atoms. The molecule has 1 saturated carbocycles. The Hall–Kier alpha value is -1.43. The Morgan fingerprint density at radius 3 is 2.59 bits per heavy atom. The van der Waals surface area contributed by atoms with Gasteiger partial charge in [0.25, 0.3) is 0 Å². The van der Waals surface area contributed by atoms with E-state index in [1.807, 2.05) is 31.2 Å². The van der Waals surface area contributed by atoms with Gasteiger partial charge in [-0.25, -0.2) is 4.39 Å². The fraction of sp³-hybridized carbons (Fsp3) is 0.278. The van der Waals surface area contributed by atoms with E-state index in [-0.39, 0.29) is 11.7 Å². The van der Waals surface area contributed by atoms with Gasteiger partial charge in [-0.05, 0) is 83.8 Å². The molecule has 0 heterocycles. The molecule has 0 bridgehead atoms. The van der Waals surface area contributed by atoms with Crippen LogP contribution in [0.4, 0.5) is 10.1 Å². The van der Waals surface area contributed by atoms with Crippen molar-refractivity contribution in [3.63, 3.8) is 0 Å². The summed E-state index contributed by atoms with van der Waals surface area (Å²) in [5, 5.41) is 3.03. The first-order valence-electron chi connectivity index (χ1n) is 7.35. The van der Waals surface area contributed by atoms with Crippen molar-refractivity contribution in [1.29, 1.82) is 0 Å². The second-order valence-electron chi connectivity index (χ2n) is 5.86. The van der Waals surface area contributed by atoms with Gasteiger partial charge >= 0.3 is 0 Å². The number of carbonyl (C=O) groups is 1. The van der Waals surface area contributed by atoms with Gasteiger partial charge in [-0.15, -0.1) is 0 Å². The first kappa shape index (κ1) is 15.5. The molecular weight excluding hydrogens is 392 g/mol. The Balaban J connectivity index is 1.89. The molecule has 2 aromatic rings. The van der Waals surface area contributed by atoms with E-state index in [4.69, 9.17) is 0 Å². The lowest BCUT2D eigenvalue weighted by Gasteiger charge is -2.40. The minimum atomic E-state index is -0.586. The Morgan fingerprint density at radius 2 is 2.00 bits per heavy atom. The highest BCUT2D eigenvalue weighted by atomic mass is 127. The van der Waals surface area contributed by atoms with E-state index in [0.29, 0.717) is 0 Å². The van der Waals surface area contributed by atoms with E-state index in [9.17, 15) is 9.18 Å². The van der Waals surface area contributed by atoms with Gasteiger partial charge in [-0.3, -0.25) is 4.79 Å². The van der Waals surface area contributed by atoms with Crippen molar-refractivity contribution >= 4 is 34.2 Å². The van der Waals surface area contributed by atoms with Crippen LogP contribution in [0, 0.1) is 16.3 Å². The quantitative estimate of drug-likeness (QED) is 0.726. The molecule has 0 unspecified atom stereocenters. The first-order chi connectivity index (χ1) is 10.5. The zero-order valence-electron chi connectivity index (χ0n) is 12.3. The Morgan fingerprint density at radius 1 is 1.23 bits per heavy atom. The van der Waals surface area contributed by atoms with Crippen molar-refractivity contribution in [2.45, 2.75) is 31.6 Å². The molecule has 3 rings (SSSR count). The van der Waals surface area contributed by atoms with Crippen molar-refractivity contribution in [3.05, 3.63) is 63.0 Å². The average molecular weight is 409 g/mol. The topological polar surface area (TPSA) is 29.1 Å². The second-order valence-corrected chi connectivity index (χ2v) is 7.11. The molecule has 0 atom stereocenters. The van der Waals surface area contributed by atoms with Crippen LogP contribution in [0.15, 0.2) is 42.5 Å². The van der Waals surface area contributed by atoms with Crippen LogP contribution in [0.1, 0.15) is 30.4 Å². The zero-order chi connectivity index (χ0) is 15.7. The molecule has 2 nitrogen and oxygen atoms in total. The fourth-order valence-corrected chi connectivity index (χ4v) is 3.62. The van der Waals surface area contributed by atoms with E-state index < -0.39 is 5.41 Å². The molecule has 0 saturated heterocycles. The number of carbonyl (C=O) groups excluding carboxylic acids is 1. The molecule has 114 valence electrons. The first-order valence-corrected chi connectivity index (χ1v) is 8.43. The molecule has 0 radical (unpaired) electrons. The average Bonchev–Trinajstić information content (AvgIpc) is 2.41. The lowest BCUT2D eigenvalue weighted by atomic mass is 9.63. The molecule has 1 fully saturated rings. The largest absolute Gasteiger partial charge is 0.325 e. The van der Waals surface area contributed by atoms with Gasteiger partial charge in [0.15, 0.2) is 0 Å². The highest BCUT2D eigenvalue weighted by molar-refractivity contribution is 14.1. The summed E-state index contributed by atoms with van der Waals surface area (Å²) in [7, 11) is 0. The number of hydrogen-bond donors (Lipinski definition) is 1. The molecule has 1 aliphatic carbocycles. The van der Waals surface area contributed by atoms with Gasteiger partial charge in [0.2, 0.25) is 5.91 Å². The van der Waals surface area contributed by atoms with E-state index in [1.165, 1.54) is 12.1 Å². The Labute approximate surface area is 143 Å². The number of anilines is 1. The number of aryl methyl sites for hydroxylation is 1. The normalized spacial score (nSPS) is 16.0. The summed E-state index contributed by atoms with van der Waals surface area (Å²) in [6.07, 6.45) is 2.53. The Bertz CT molecular complexity index is 725. The molecule has 0 aliphatic heterocycles. The van der Waals surface area contributed by atoms with Crippen LogP contribution in [0.2, 0.25) is 0 Å². The molecule has 2 aromatic carbocycles. The van der Waals surface area contributed by atoms with Crippen molar-refractivity contribution in [2.24, 2.45) is 0 Å². The van der Waals surface area contributed by atoms with Gasteiger partial charge in [0.05, 0.1) is 5.41 Å². The highest BCUT2D eigenvalue weighted by Crippen LogP contribution is 2.44. The number of amides is 1. The van der Waals surface area contributed by atoms with E-state index in [2.05, 4.69) is 27.9 Å². The fourth-order valence-electron chi connectivity index (χ4n) is 2.97. The molecule has 1 N–H and O–H groups in total. The summed E-state index contributed by atoms with van der Waals surface area (Å²) in [6.45, 7) is 1.98. The SMILES string of the molecule is Cc1cc(I)ccc1NC(=O)C1(c2cccc(F)c2)CCC1. The molecule has 0 aromatic heterocycles. The predicted molar refractivity (Wildman–Crippen MR) is 94.5 cm³/mol. The number of benzene rings is 2. The van der Waals surface area contributed by atoms with E-state index in [0.717, 1.165) is 39.6 Å². The highest BCUT2D eigenvalue weighted by Gasteiger charge is 2.45. The maximum absolute atomic E-state index is 13.5. The van der Waals surface area contributed by atoms with Gasteiger partial charge in [0.1, 0.15) is 5.82 Å². The third kappa shape index (κ3) is 2.76. The minimum Gasteiger partial charge on any atom is -0.325 e. The van der Waals surface area contributed by atoms with Crippen LogP contribution in [-0.4, -0.2) is 5.91 Å². The van der Waals surface area contributed by atoms with Crippen LogP contribution in [0.5, 0.6) is 0 Å². The van der Waals surface area contributed by atoms with Crippen LogP contribution in [-0.2, 0) is 10.2 Å². The standard InChI is InChI=1S/C18H17FINO/c1-12-10-15(20)6-7-16(12)21-17(22)18(8-3-9-18)13-4-2-5-14(19)11-13/h2,4-7,10-11H,3,8-9H2,1H3,(H,21,22). The summed E-state index contributed by atoms with van der Waals surface area (Å²) >= 11 is 2.25. The van der Waals surface area contributed by atoms with Gasteiger partial charge in [-0.1, -0.05) is 18.6 Å². The van der Waals surface area contributed by atoms with Crippen LogP contribution in [0.3, 0.4) is 0 Å². The zero-order valence-corrected chi connectivity index (χ0v) is 14.5. The summed E-state index contributed by atoms with van der Waals surface area (Å²) in [5.41, 5.74) is 2.05. The summed E-state index contributed by atoms with van der Waals surface area (Å²) in [5.74, 6) is -0.323. The predicted octanol–water partition coefficient (Wildman–Crippen LogP) is 4.80. The lowest BCUT2D eigenvalue weighted by molar-refractivity contribution is -0.124. The van der Waals surface area contributed by atoms with Gasteiger partial charge < -0.3 is 5.32 Å². The van der Waals surface area contributed by atoms with Gasteiger partial charge in [0, 0.05) is 9.26 Å². The smallest absolute Gasteiger partial charge is 0.235 e. The molecule has 4 heteroatoms. The van der Waals surface area contributed by atoms with Crippen molar-refractivity contribution in [3.8, 4) is 0 Å². The van der Waals surface area contributed by atoms with Crippen molar-refractivity contribution in [2.75, 3.05) is 5.32 Å².